The highest BCUT2D eigenvalue weighted by atomic mass is 16.3. The first-order valence-electron chi connectivity index (χ1n) is 7.54. The van der Waals surface area contributed by atoms with Crippen molar-refractivity contribution in [2.24, 2.45) is 0 Å². The van der Waals surface area contributed by atoms with Gasteiger partial charge in [0.25, 0.3) is 5.56 Å². The molecule has 0 bridgehead atoms. The van der Waals surface area contributed by atoms with Gasteiger partial charge in [-0.15, -0.1) is 0 Å². The summed E-state index contributed by atoms with van der Waals surface area (Å²) in [6, 6.07) is 8.84. The van der Waals surface area contributed by atoms with Gasteiger partial charge in [0.15, 0.2) is 11.3 Å². The van der Waals surface area contributed by atoms with Crippen LogP contribution >= 0.6 is 0 Å². The lowest BCUT2D eigenvalue weighted by atomic mass is 9.75. The van der Waals surface area contributed by atoms with E-state index in [2.05, 4.69) is 10.6 Å². The maximum Gasteiger partial charge on any atom is 0.328 e. The Balaban J connectivity index is 0.000000228. The highest BCUT2D eigenvalue weighted by Gasteiger charge is 2.50. The van der Waals surface area contributed by atoms with E-state index >= 15 is 0 Å². The van der Waals surface area contributed by atoms with Crippen molar-refractivity contribution in [1.29, 1.82) is 0 Å². The lowest BCUT2D eigenvalue weighted by Crippen LogP contribution is -2.64. The summed E-state index contributed by atoms with van der Waals surface area (Å²) in [5, 5.41) is 12.8. The van der Waals surface area contributed by atoms with Crippen molar-refractivity contribution < 1.29 is 19.5 Å². The van der Waals surface area contributed by atoms with Crippen LogP contribution in [0.5, 0.6) is 5.88 Å². The maximum atomic E-state index is 12.0. The Morgan fingerprint density at radius 3 is 1.96 bits per heavy atom. The number of carbonyl (C=O) groups is 3. The molecule has 1 aromatic heterocycles. The van der Waals surface area contributed by atoms with Gasteiger partial charge < -0.3 is 5.11 Å². The number of nitrogens with one attached hydrogen (secondary N) is 4. The molecule has 2 aromatic rings. The molecule has 0 saturated carbocycles. The van der Waals surface area contributed by atoms with Crippen LogP contribution in [0, 0.1) is 0 Å². The number of benzene rings is 1. The van der Waals surface area contributed by atoms with Gasteiger partial charge >= 0.3 is 11.7 Å². The van der Waals surface area contributed by atoms with Crippen LogP contribution in [0.4, 0.5) is 4.79 Å². The first-order valence-corrected chi connectivity index (χ1v) is 7.54. The second kappa shape index (κ2) is 7.47. The summed E-state index contributed by atoms with van der Waals surface area (Å²) >= 11 is 0. The van der Waals surface area contributed by atoms with E-state index in [9.17, 15) is 24.0 Å². The van der Waals surface area contributed by atoms with Crippen molar-refractivity contribution >= 4 is 17.8 Å². The van der Waals surface area contributed by atoms with E-state index in [0.29, 0.717) is 12.0 Å². The molecule has 1 aliphatic rings. The summed E-state index contributed by atoms with van der Waals surface area (Å²) in [6.07, 6.45) is 0.294. The van der Waals surface area contributed by atoms with Crippen molar-refractivity contribution in [3.05, 3.63) is 62.8 Å². The Morgan fingerprint density at radius 2 is 1.50 bits per heavy atom. The van der Waals surface area contributed by atoms with Crippen LogP contribution in [0.1, 0.15) is 18.9 Å². The quantitative estimate of drug-likeness (QED) is 0.452. The van der Waals surface area contributed by atoms with Crippen molar-refractivity contribution in [3.8, 4) is 5.88 Å². The van der Waals surface area contributed by atoms with Crippen LogP contribution in [0.25, 0.3) is 0 Å². The summed E-state index contributed by atoms with van der Waals surface area (Å²) < 4.78 is 0. The summed E-state index contributed by atoms with van der Waals surface area (Å²) in [5.41, 5.74) is -2.05. The fourth-order valence-corrected chi connectivity index (χ4v) is 2.52. The van der Waals surface area contributed by atoms with Gasteiger partial charge in [-0.3, -0.25) is 35.0 Å². The van der Waals surface area contributed by atoms with Crippen LogP contribution in [0.2, 0.25) is 0 Å². The summed E-state index contributed by atoms with van der Waals surface area (Å²) in [5.74, 6) is -1.57. The highest BCUT2D eigenvalue weighted by Crippen LogP contribution is 2.30. The molecule has 1 aromatic carbocycles. The highest BCUT2D eigenvalue weighted by molar-refractivity contribution is 6.22. The standard InChI is InChI=1S/C12H12N2O3.C4H4N2O3/c1-2-12(8-6-4-3-5-7-8)9(15)13-11(17)14-10(12)16;7-2-1-3(8)6-4(9)5-2/h3-7H,2H2,1H3,(H2,13,14,15,16,17);1H,(H3,5,6,7,8,9). The van der Waals surface area contributed by atoms with E-state index in [1.165, 1.54) is 0 Å². The van der Waals surface area contributed by atoms with Crippen LogP contribution in [-0.4, -0.2) is 32.9 Å². The van der Waals surface area contributed by atoms with Gasteiger partial charge in [0.2, 0.25) is 11.8 Å². The summed E-state index contributed by atoms with van der Waals surface area (Å²) in [7, 11) is 0. The van der Waals surface area contributed by atoms with Crippen LogP contribution < -0.4 is 21.9 Å². The average molecular weight is 360 g/mol. The first-order chi connectivity index (χ1) is 12.3. The number of aromatic amines is 2. The predicted molar refractivity (Wildman–Crippen MR) is 89.4 cm³/mol. The number of hydrogen-bond donors (Lipinski definition) is 5. The zero-order chi connectivity index (χ0) is 19.3. The second-order valence-electron chi connectivity index (χ2n) is 5.34. The monoisotopic (exact) mass is 360 g/mol. The Hall–Kier alpha value is -3.69. The normalized spacial score (nSPS) is 15.3. The molecular formula is C16H16N4O6. The molecule has 136 valence electrons. The van der Waals surface area contributed by atoms with E-state index in [1.807, 2.05) is 9.97 Å². The number of barbiturate groups is 1. The zero-order valence-electron chi connectivity index (χ0n) is 13.7. The number of aromatic hydroxyl groups is 1. The molecule has 2 heterocycles. The molecule has 5 N–H and O–H groups in total. The number of urea groups is 1. The number of aromatic nitrogens is 2. The van der Waals surface area contributed by atoms with Gasteiger partial charge in [-0.05, 0) is 12.0 Å². The third-order valence-corrected chi connectivity index (χ3v) is 3.77. The molecule has 0 radical (unpaired) electrons. The number of imide groups is 2. The smallest absolute Gasteiger partial charge is 0.328 e. The van der Waals surface area contributed by atoms with Crippen LogP contribution in [0.3, 0.4) is 0 Å². The van der Waals surface area contributed by atoms with E-state index in [-0.39, 0.29) is 0 Å². The molecule has 10 nitrogen and oxygen atoms in total. The first kappa shape index (κ1) is 18.6. The third kappa shape index (κ3) is 3.69. The number of H-pyrrole nitrogens is 2. The number of rotatable bonds is 2. The van der Waals surface area contributed by atoms with E-state index in [4.69, 9.17) is 5.11 Å². The van der Waals surface area contributed by atoms with Gasteiger partial charge in [-0.25, -0.2) is 9.59 Å². The Morgan fingerprint density at radius 1 is 0.923 bits per heavy atom. The van der Waals surface area contributed by atoms with Crippen LogP contribution in [0.15, 0.2) is 46.0 Å². The van der Waals surface area contributed by atoms with Crippen molar-refractivity contribution in [3.63, 3.8) is 0 Å². The van der Waals surface area contributed by atoms with Crippen molar-refractivity contribution in [2.45, 2.75) is 18.8 Å². The molecule has 0 aliphatic carbocycles. The van der Waals surface area contributed by atoms with E-state index in [0.717, 1.165) is 6.07 Å². The maximum absolute atomic E-state index is 12.0. The summed E-state index contributed by atoms with van der Waals surface area (Å²) in [4.78, 5) is 59.4. The minimum absolute atomic E-state index is 0.294. The number of amides is 4. The minimum atomic E-state index is -1.31. The fraction of sp³-hybridized carbons (Fsp3) is 0.188. The lowest BCUT2D eigenvalue weighted by molar-refractivity contribution is -0.138. The van der Waals surface area contributed by atoms with Gasteiger partial charge in [-0.2, -0.15) is 0 Å². The molecule has 10 heteroatoms. The molecule has 26 heavy (non-hydrogen) atoms. The minimum Gasteiger partial charge on any atom is -0.494 e. The Labute approximate surface area is 146 Å². The largest absolute Gasteiger partial charge is 0.494 e. The predicted octanol–water partition coefficient (Wildman–Crippen LogP) is -0.531. The second-order valence-corrected chi connectivity index (χ2v) is 5.34. The van der Waals surface area contributed by atoms with E-state index < -0.39 is 40.4 Å². The molecule has 1 fully saturated rings. The molecule has 4 amide bonds. The third-order valence-electron chi connectivity index (χ3n) is 3.77. The van der Waals surface area contributed by atoms with Gasteiger partial charge in [0.05, 0.1) is 6.07 Å². The topological polar surface area (TPSA) is 161 Å². The molecule has 3 rings (SSSR count). The molecule has 0 spiro atoms. The summed E-state index contributed by atoms with van der Waals surface area (Å²) in [6.45, 7) is 1.74. The lowest BCUT2D eigenvalue weighted by Gasteiger charge is -2.33. The molecule has 1 aliphatic heterocycles. The van der Waals surface area contributed by atoms with Gasteiger partial charge in [0.1, 0.15) is 0 Å². The number of hydrogen-bond acceptors (Lipinski definition) is 6. The SMILES string of the molecule is CCC1(c2ccccc2)C(=O)NC(=O)NC1=O.O=c1cc(O)[nH]c(=O)[nH]1. The molecule has 1 saturated heterocycles. The molecule has 0 atom stereocenters. The van der Waals surface area contributed by atoms with Crippen molar-refractivity contribution in [2.75, 3.05) is 0 Å². The van der Waals surface area contributed by atoms with Gasteiger partial charge in [-0.1, -0.05) is 37.3 Å². The van der Waals surface area contributed by atoms with Crippen molar-refractivity contribution in [1.82, 2.24) is 20.6 Å². The van der Waals surface area contributed by atoms with E-state index in [1.54, 1.807) is 37.3 Å². The zero-order valence-corrected chi connectivity index (χ0v) is 13.7. The Bertz CT molecular complexity index is 899. The molecular weight excluding hydrogens is 344 g/mol. The van der Waals surface area contributed by atoms with Gasteiger partial charge in [0, 0.05) is 0 Å². The van der Waals surface area contributed by atoms with Crippen LogP contribution in [-0.2, 0) is 15.0 Å². The fourth-order valence-electron chi connectivity index (χ4n) is 2.52. The average Bonchev–Trinajstić information content (AvgIpc) is 2.55. The number of carbonyl (C=O) groups excluding carboxylic acids is 3. The molecule has 0 unspecified atom stereocenters. The Kier molecular flexibility index (Phi) is 5.36.